The van der Waals surface area contributed by atoms with Gasteiger partial charge in [-0.1, -0.05) is 0 Å². The Bertz CT molecular complexity index is 708. The minimum absolute atomic E-state index is 0.0192. The number of morpholine rings is 1. The van der Waals surface area contributed by atoms with Crippen molar-refractivity contribution < 1.29 is 18.7 Å². The molecule has 2 N–H and O–H groups in total. The smallest absolute Gasteiger partial charge is 0.319 e. The number of urea groups is 1. The molecular weight excluding hydrogens is 334 g/mol. The average molecular weight is 359 g/mol. The number of nitrogens with zero attached hydrogens (tertiary/aromatic N) is 1. The summed E-state index contributed by atoms with van der Waals surface area (Å²) in [5.74, 6) is 2.46. The van der Waals surface area contributed by atoms with Gasteiger partial charge in [0.1, 0.15) is 17.3 Å². The molecule has 26 heavy (non-hydrogen) atoms. The molecule has 0 bridgehead atoms. The summed E-state index contributed by atoms with van der Waals surface area (Å²) in [6.07, 6.45) is 0. The minimum Gasteiger partial charge on any atom is -0.497 e. The zero-order valence-corrected chi connectivity index (χ0v) is 15.2. The van der Waals surface area contributed by atoms with Crippen LogP contribution in [0.4, 0.5) is 10.5 Å². The molecule has 7 heteroatoms. The summed E-state index contributed by atoms with van der Waals surface area (Å²) in [5, 5.41) is 5.77. The second-order valence-corrected chi connectivity index (χ2v) is 6.18. The number of nitrogens with one attached hydrogen (secondary N) is 2. The van der Waals surface area contributed by atoms with Crippen LogP contribution in [-0.2, 0) is 4.74 Å². The average Bonchev–Trinajstić information content (AvgIpc) is 3.09. The van der Waals surface area contributed by atoms with E-state index in [0.717, 1.165) is 30.4 Å². The zero-order chi connectivity index (χ0) is 18.4. The van der Waals surface area contributed by atoms with Gasteiger partial charge in [-0.2, -0.15) is 0 Å². The lowest BCUT2D eigenvalue weighted by Gasteiger charge is -2.33. The van der Waals surface area contributed by atoms with Crippen molar-refractivity contribution in [1.29, 1.82) is 0 Å². The van der Waals surface area contributed by atoms with Crippen molar-refractivity contribution in [3.63, 3.8) is 0 Å². The monoisotopic (exact) mass is 359 g/mol. The van der Waals surface area contributed by atoms with E-state index >= 15 is 0 Å². The van der Waals surface area contributed by atoms with Crippen LogP contribution in [0.3, 0.4) is 0 Å². The van der Waals surface area contributed by atoms with Gasteiger partial charge in [-0.3, -0.25) is 4.90 Å². The third-order valence-corrected chi connectivity index (χ3v) is 4.38. The first-order valence-electron chi connectivity index (χ1n) is 8.73. The number of carbonyl (C=O) groups excluding carboxylic acids is 1. The summed E-state index contributed by atoms with van der Waals surface area (Å²) in [5.41, 5.74) is 0.708. The third kappa shape index (κ3) is 4.77. The van der Waals surface area contributed by atoms with Crippen LogP contribution >= 0.6 is 0 Å². The molecule has 1 saturated heterocycles. The van der Waals surface area contributed by atoms with E-state index in [4.69, 9.17) is 13.9 Å². The Labute approximate surface area is 153 Å². The number of anilines is 1. The number of methoxy groups -OCH3 is 1. The Balaban J connectivity index is 1.60. The molecule has 3 rings (SSSR count). The molecule has 1 aliphatic heterocycles. The van der Waals surface area contributed by atoms with Crippen molar-refractivity contribution in [2.24, 2.45) is 0 Å². The summed E-state index contributed by atoms with van der Waals surface area (Å²) >= 11 is 0. The molecule has 0 saturated carbocycles. The van der Waals surface area contributed by atoms with Crippen molar-refractivity contribution in [3.05, 3.63) is 47.9 Å². The SMILES string of the molecule is COc1ccc(NC(=O)NC[C@@H](c2ccc(C)o2)N2CCOCC2)cc1. The number of aryl methyl sites for hydroxylation is 1. The molecule has 140 valence electrons. The second-order valence-electron chi connectivity index (χ2n) is 6.18. The van der Waals surface area contributed by atoms with Gasteiger partial charge in [0.15, 0.2) is 0 Å². The van der Waals surface area contributed by atoms with Crippen LogP contribution in [0.2, 0.25) is 0 Å². The van der Waals surface area contributed by atoms with E-state index < -0.39 is 0 Å². The molecule has 0 radical (unpaired) electrons. The molecule has 1 fully saturated rings. The number of amides is 2. The maximum absolute atomic E-state index is 12.3. The van der Waals surface area contributed by atoms with Crippen LogP contribution in [0, 0.1) is 6.92 Å². The molecule has 2 heterocycles. The minimum atomic E-state index is -0.253. The maximum atomic E-state index is 12.3. The van der Waals surface area contributed by atoms with Crippen molar-refractivity contribution in [2.75, 3.05) is 45.3 Å². The predicted molar refractivity (Wildman–Crippen MR) is 98.6 cm³/mol. The van der Waals surface area contributed by atoms with E-state index in [2.05, 4.69) is 15.5 Å². The molecule has 2 amide bonds. The summed E-state index contributed by atoms with van der Waals surface area (Å²) in [6.45, 7) is 5.37. The maximum Gasteiger partial charge on any atom is 0.319 e. The van der Waals surface area contributed by atoms with Gasteiger partial charge in [0, 0.05) is 25.3 Å². The highest BCUT2D eigenvalue weighted by molar-refractivity contribution is 5.89. The van der Waals surface area contributed by atoms with Gasteiger partial charge < -0.3 is 24.5 Å². The lowest BCUT2D eigenvalue weighted by atomic mass is 10.1. The molecule has 1 atom stereocenters. The van der Waals surface area contributed by atoms with Crippen LogP contribution in [0.15, 0.2) is 40.8 Å². The van der Waals surface area contributed by atoms with Gasteiger partial charge in [0.05, 0.1) is 26.4 Å². The fraction of sp³-hybridized carbons (Fsp3) is 0.421. The molecular formula is C19H25N3O4. The second kappa shape index (κ2) is 8.73. The zero-order valence-electron chi connectivity index (χ0n) is 15.2. The van der Waals surface area contributed by atoms with Crippen LogP contribution < -0.4 is 15.4 Å². The largest absolute Gasteiger partial charge is 0.497 e. The third-order valence-electron chi connectivity index (χ3n) is 4.38. The quantitative estimate of drug-likeness (QED) is 0.829. The summed E-state index contributed by atoms with van der Waals surface area (Å²) in [6, 6.07) is 10.8. The first-order valence-corrected chi connectivity index (χ1v) is 8.73. The van der Waals surface area contributed by atoms with Gasteiger partial charge in [-0.25, -0.2) is 4.79 Å². The lowest BCUT2D eigenvalue weighted by Crippen LogP contribution is -2.44. The van der Waals surface area contributed by atoms with Gasteiger partial charge in [-0.15, -0.1) is 0 Å². The van der Waals surface area contributed by atoms with Crippen LogP contribution in [0.1, 0.15) is 17.6 Å². The summed E-state index contributed by atoms with van der Waals surface area (Å²) in [7, 11) is 1.61. The van der Waals surface area contributed by atoms with Gasteiger partial charge in [-0.05, 0) is 43.3 Å². The predicted octanol–water partition coefficient (Wildman–Crippen LogP) is 2.79. The van der Waals surface area contributed by atoms with E-state index in [1.165, 1.54) is 0 Å². The summed E-state index contributed by atoms with van der Waals surface area (Å²) < 4.78 is 16.4. The van der Waals surface area contributed by atoms with E-state index in [1.54, 1.807) is 31.4 Å². The number of carbonyl (C=O) groups is 1. The summed E-state index contributed by atoms with van der Waals surface area (Å²) in [4.78, 5) is 14.5. The highest BCUT2D eigenvalue weighted by Gasteiger charge is 2.25. The van der Waals surface area contributed by atoms with E-state index in [-0.39, 0.29) is 12.1 Å². The van der Waals surface area contributed by atoms with E-state index in [1.807, 2.05) is 19.1 Å². The van der Waals surface area contributed by atoms with E-state index in [0.29, 0.717) is 25.4 Å². The van der Waals surface area contributed by atoms with Crippen molar-refractivity contribution in [2.45, 2.75) is 13.0 Å². The van der Waals surface area contributed by atoms with Crippen LogP contribution in [0.25, 0.3) is 0 Å². The Morgan fingerprint density at radius 1 is 1.19 bits per heavy atom. The van der Waals surface area contributed by atoms with Crippen molar-refractivity contribution in [1.82, 2.24) is 10.2 Å². The molecule has 0 spiro atoms. The molecule has 2 aromatic rings. The Hall–Kier alpha value is -2.51. The van der Waals surface area contributed by atoms with Crippen molar-refractivity contribution in [3.8, 4) is 5.75 Å². The highest BCUT2D eigenvalue weighted by Crippen LogP contribution is 2.23. The molecule has 0 aliphatic carbocycles. The molecule has 1 aromatic heterocycles. The lowest BCUT2D eigenvalue weighted by molar-refractivity contribution is 0.0122. The molecule has 1 aliphatic rings. The number of hydrogen-bond acceptors (Lipinski definition) is 5. The van der Waals surface area contributed by atoms with E-state index in [9.17, 15) is 4.79 Å². The Morgan fingerprint density at radius 3 is 2.54 bits per heavy atom. The molecule has 1 aromatic carbocycles. The first-order chi connectivity index (χ1) is 12.7. The number of hydrogen-bond donors (Lipinski definition) is 2. The fourth-order valence-corrected chi connectivity index (χ4v) is 2.97. The van der Waals surface area contributed by atoms with Crippen LogP contribution in [0.5, 0.6) is 5.75 Å². The highest BCUT2D eigenvalue weighted by atomic mass is 16.5. The van der Waals surface area contributed by atoms with Gasteiger partial charge in [0.2, 0.25) is 0 Å². The number of rotatable bonds is 6. The Kier molecular flexibility index (Phi) is 6.14. The standard InChI is InChI=1S/C19H25N3O4/c1-14-3-8-18(26-14)17(22-9-11-25-12-10-22)13-20-19(23)21-15-4-6-16(24-2)7-5-15/h3-8,17H,9-13H2,1-2H3,(H2,20,21,23)/t17-/m0/s1. The van der Waals surface area contributed by atoms with Gasteiger partial charge in [0.25, 0.3) is 0 Å². The fourth-order valence-electron chi connectivity index (χ4n) is 2.97. The number of furan rings is 1. The molecule has 0 unspecified atom stereocenters. The van der Waals surface area contributed by atoms with Crippen LogP contribution in [-0.4, -0.2) is 50.9 Å². The molecule has 7 nitrogen and oxygen atoms in total. The number of ether oxygens (including phenoxy) is 2. The number of benzene rings is 1. The first kappa shape index (κ1) is 18.3. The van der Waals surface area contributed by atoms with Gasteiger partial charge >= 0.3 is 6.03 Å². The Morgan fingerprint density at radius 2 is 1.92 bits per heavy atom. The topological polar surface area (TPSA) is 76.0 Å². The van der Waals surface area contributed by atoms with Crippen molar-refractivity contribution >= 4 is 11.7 Å². The normalized spacial score (nSPS) is 16.1.